The van der Waals surface area contributed by atoms with Gasteiger partial charge in [-0.05, 0) is 0 Å². The zero-order valence-electron chi connectivity index (χ0n) is 9.10. The van der Waals surface area contributed by atoms with Crippen LogP contribution in [0.15, 0.2) is 0 Å². The Morgan fingerprint density at radius 3 is 1.42 bits per heavy atom. The molecule has 2 saturated heterocycles. The number of rotatable bonds is 0. The van der Waals surface area contributed by atoms with Gasteiger partial charge in [-0.2, -0.15) is 0 Å². The van der Waals surface area contributed by atoms with Crippen molar-refractivity contribution in [1.29, 1.82) is 0 Å². The molecule has 0 bridgehead atoms. The number of ether oxygens (including phenoxy) is 6. The summed E-state index contributed by atoms with van der Waals surface area (Å²) in [4.78, 5) is 44.3. The molecule has 19 heavy (non-hydrogen) atoms. The van der Waals surface area contributed by atoms with Crippen molar-refractivity contribution in [3.05, 3.63) is 0 Å². The molecule has 4 atom stereocenters. The molecule has 0 aromatic heterocycles. The molecule has 3 aliphatic rings. The number of carbonyl (C=O) groups is 4. The van der Waals surface area contributed by atoms with Crippen LogP contribution in [0, 0.1) is 0 Å². The topological polar surface area (TPSA) is 124 Å². The molecule has 2 heterocycles. The van der Waals surface area contributed by atoms with E-state index < -0.39 is 49.0 Å². The first-order valence-corrected chi connectivity index (χ1v) is 5.21. The van der Waals surface area contributed by atoms with Crippen molar-refractivity contribution in [3.8, 4) is 0 Å². The molecule has 3 fully saturated rings. The summed E-state index contributed by atoms with van der Waals surface area (Å²) in [5, 5.41) is 0. The minimum absolute atomic E-state index is 0.0138. The molecule has 102 valence electrons. The van der Waals surface area contributed by atoms with Crippen LogP contribution >= 0.6 is 0 Å². The Balaban J connectivity index is 1.86. The summed E-state index contributed by atoms with van der Waals surface area (Å²) in [6, 6.07) is 0. The van der Waals surface area contributed by atoms with Crippen LogP contribution in [0.25, 0.3) is 0 Å². The van der Waals surface area contributed by atoms with Crippen LogP contribution in [0.1, 0.15) is 6.42 Å². The summed E-state index contributed by atoms with van der Waals surface area (Å²) in [5.74, 6) is 0. The maximum atomic E-state index is 11.1. The highest BCUT2D eigenvalue weighted by molar-refractivity contribution is 5.79. The van der Waals surface area contributed by atoms with Gasteiger partial charge in [0.2, 0.25) is 0 Å². The number of hydrogen-bond acceptors (Lipinski definition) is 10. The van der Waals surface area contributed by atoms with Gasteiger partial charge in [-0.3, -0.25) is 0 Å². The Hall–Kier alpha value is -2.52. The average Bonchev–Trinajstić information content (AvgIpc) is 2.44. The fourth-order valence-corrected chi connectivity index (χ4v) is 2.14. The van der Waals surface area contributed by atoms with Gasteiger partial charge in [0.15, 0.2) is 12.2 Å². The van der Waals surface area contributed by atoms with Crippen molar-refractivity contribution in [2.75, 3.05) is 0 Å². The minimum atomic E-state index is -1.29. The second kappa shape index (κ2) is 4.00. The normalized spacial score (nSPS) is 37.1. The maximum absolute atomic E-state index is 11.1. The Labute approximate surface area is 104 Å². The minimum Gasteiger partial charge on any atom is -0.426 e. The van der Waals surface area contributed by atoms with Crippen molar-refractivity contribution < 1.29 is 47.6 Å². The molecule has 0 radical (unpaired) electrons. The number of carbonyl (C=O) groups excluding carboxylic acids is 4. The Kier molecular flexibility index (Phi) is 2.44. The molecule has 3 rings (SSSR count). The zero-order chi connectivity index (χ0) is 13.6. The Morgan fingerprint density at radius 2 is 1.00 bits per heavy atom. The van der Waals surface area contributed by atoms with E-state index in [0.29, 0.717) is 0 Å². The van der Waals surface area contributed by atoms with E-state index in [9.17, 15) is 19.2 Å². The lowest BCUT2D eigenvalue weighted by molar-refractivity contribution is -0.0476. The summed E-state index contributed by atoms with van der Waals surface area (Å²) >= 11 is 0. The summed E-state index contributed by atoms with van der Waals surface area (Å²) in [6.45, 7) is 0. The second-order valence-corrected chi connectivity index (χ2v) is 3.92. The van der Waals surface area contributed by atoms with E-state index in [4.69, 9.17) is 18.9 Å². The largest absolute Gasteiger partial charge is 0.519 e. The molecule has 10 nitrogen and oxygen atoms in total. The molecule has 1 saturated carbocycles. The van der Waals surface area contributed by atoms with E-state index in [1.54, 1.807) is 0 Å². The second-order valence-electron chi connectivity index (χ2n) is 3.92. The highest BCUT2D eigenvalue weighted by atomic mass is 16.9. The van der Waals surface area contributed by atoms with Gasteiger partial charge in [-0.1, -0.05) is 0 Å². The molecular formula is C9H6O10. The van der Waals surface area contributed by atoms with Crippen LogP contribution in [-0.4, -0.2) is 49.0 Å². The van der Waals surface area contributed by atoms with Gasteiger partial charge < -0.3 is 28.4 Å². The molecule has 0 aromatic carbocycles. The first-order valence-electron chi connectivity index (χ1n) is 5.21. The highest BCUT2D eigenvalue weighted by Gasteiger charge is 2.56. The smallest absolute Gasteiger partial charge is 0.426 e. The zero-order valence-corrected chi connectivity index (χ0v) is 9.10. The molecule has 0 N–H and O–H groups in total. The Bertz CT molecular complexity index is 428. The maximum Gasteiger partial charge on any atom is 0.519 e. The third-order valence-electron chi connectivity index (χ3n) is 2.81. The van der Waals surface area contributed by atoms with Gasteiger partial charge in [-0.25, -0.2) is 19.2 Å². The van der Waals surface area contributed by atoms with E-state index >= 15 is 0 Å². The fourth-order valence-electron chi connectivity index (χ4n) is 2.14. The molecule has 0 amide bonds. The lowest BCUT2D eigenvalue weighted by Crippen LogP contribution is -2.39. The monoisotopic (exact) mass is 274 g/mol. The van der Waals surface area contributed by atoms with Crippen LogP contribution in [-0.2, 0) is 28.4 Å². The van der Waals surface area contributed by atoms with Gasteiger partial charge in [-0.15, -0.1) is 0 Å². The predicted octanol–water partition coefficient (Wildman–Crippen LogP) is 0.471. The summed E-state index contributed by atoms with van der Waals surface area (Å²) in [7, 11) is 0. The number of hydrogen-bond donors (Lipinski definition) is 0. The van der Waals surface area contributed by atoms with Crippen LogP contribution in [0.3, 0.4) is 0 Å². The molecule has 2 aliphatic heterocycles. The van der Waals surface area contributed by atoms with Crippen molar-refractivity contribution in [1.82, 2.24) is 0 Å². The van der Waals surface area contributed by atoms with E-state index in [2.05, 4.69) is 9.47 Å². The molecule has 1 aliphatic carbocycles. The number of cyclic esters (lactones) is 4. The molecule has 10 heteroatoms. The fraction of sp³-hybridized carbons (Fsp3) is 0.556. The van der Waals surface area contributed by atoms with E-state index in [0.717, 1.165) is 0 Å². The first kappa shape index (κ1) is 11.6. The molecule has 0 aromatic rings. The van der Waals surface area contributed by atoms with Crippen molar-refractivity contribution in [2.24, 2.45) is 0 Å². The van der Waals surface area contributed by atoms with Crippen molar-refractivity contribution in [3.63, 3.8) is 0 Å². The Morgan fingerprint density at radius 1 is 0.632 bits per heavy atom. The lowest BCUT2D eigenvalue weighted by Gasteiger charge is -2.19. The SMILES string of the molecule is O=C1OC(=O)O[C@H]2C[C@H]3OC(=O)OC(=O)O[C@H]3[C@H]2O1. The van der Waals surface area contributed by atoms with E-state index in [-0.39, 0.29) is 6.42 Å². The molecular weight excluding hydrogens is 268 g/mol. The average molecular weight is 274 g/mol. The van der Waals surface area contributed by atoms with Gasteiger partial charge in [0, 0.05) is 6.42 Å². The first-order chi connectivity index (χ1) is 9.02. The summed E-state index contributed by atoms with van der Waals surface area (Å²) < 4.78 is 27.3. The van der Waals surface area contributed by atoms with Crippen LogP contribution in [0.2, 0.25) is 0 Å². The summed E-state index contributed by atoms with van der Waals surface area (Å²) in [5.41, 5.74) is 0. The van der Waals surface area contributed by atoms with E-state index in [1.165, 1.54) is 0 Å². The van der Waals surface area contributed by atoms with Crippen LogP contribution < -0.4 is 0 Å². The predicted molar refractivity (Wildman–Crippen MR) is 47.9 cm³/mol. The molecule has 0 unspecified atom stereocenters. The third-order valence-corrected chi connectivity index (χ3v) is 2.81. The standard InChI is InChI=1S/C9H6O10/c10-6-14-2-1-3-5(4(2)16-8(12)18-6)17-9(13)19-7(11)15-3/h2-5H,1H2/t2-,3+,4-,5+. The van der Waals surface area contributed by atoms with Crippen LogP contribution in [0.5, 0.6) is 0 Å². The summed E-state index contributed by atoms with van der Waals surface area (Å²) in [6.07, 6.45) is -9.17. The van der Waals surface area contributed by atoms with Gasteiger partial charge in [0.25, 0.3) is 0 Å². The van der Waals surface area contributed by atoms with Crippen molar-refractivity contribution in [2.45, 2.75) is 30.8 Å². The van der Waals surface area contributed by atoms with Gasteiger partial charge in [0.05, 0.1) is 0 Å². The van der Waals surface area contributed by atoms with Crippen LogP contribution in [0.4, 0.5) is 19.2 Å². The van der Waals surface area contributed by atoms with Gasteiger partial charge >= 0.3 is 24.6 Å². The molecule has 0 spiro atoms. The highest BCUT2D eigenvalue weighted by Crippen LogP contribution is 2.34. The third kappa shape index (κ3) is 2.00. The number of fused-ring (bicyclic) bond motifs is 3. The lowest BCUT2D eigenvalue weighted by atomic mass is 10.2. The van der Waals surface area contributed by atoms with Crippen molar-refractivity contribution >= 4 is 24.6 Å². The van der Waals surface area contributed by atoms with E-state index in [1.807, 2.05) is 0 Å². The van der Waals surface area contributed by atoms with Gasteiger partial charge in [0.1, 0.15) is 12.2 Å². The quantitative estimate of drug-likeness (QED) is 0.349.